The molecular weight excluding hydrogens is 372 g/mol. The normalized spacial score (nSPS) is 10.8. The van der Waals surface area contributed by atoms with Crippen LogP contribution in [0.1, 0.15) is 21.8 Å². The molecule has 0 saturated heterocycles. The van der Waals surface area contributed by atoms with Crippen LogP contribution in [0.3, 0.4) is 0 Å². The molecule has 0 aliphatic heterocycles. The number of pyridine rings is 1. The van der Waals surface area contributed by atoms with Crippen molar-refractivity contribution in [2.24, 2.45) is 0 Å². The first kappa shape index (κ1) is 18.3. The van der Waals surface area contributed by atoms with Crippen LogP contribution in [-0.4, -0.2) is 21.0 Å². The van der Waals surface area contributed by atoms with Crippen LogP contribution in [-0.2, 0) is 0 Å². The number of hydrogen-bond acceptors (Lipinski definition) is 6. The molecule has 2 heterocycles. The molecule has 0 aliphatic rings. The van der Waals surface area contributed by atoms with E-state index in [1.165, 1.54) is 12.1 Å². The van der Waals surface area contributed by atoms with E-state index < -0.39 is 10.8 Å². The number of nitrogens with one attached hydrogen (secondary N) is 1. The van der Waals surface area contributed by atoms with Crippen LogP contribution in [0.2, 0.25) is 0 Å². The van der Waals surface area contributed by atoms with Gasteiger partial charge < -0.3 is 9.84 Å². The van der Waals surface area contributed by atoms with E-state index in [1.54, 1.807) is 26.0 Å². The molecular formula is C21H16N4O4. The Hall–Kier alpha value is -4.07. The number of carbonyl (C=O) groups is 1. The molecule has 8 heteroatoms. The summed E-state index contributed by atoms with van der Waals surface area (Å²) < 4.78 is 5.00. The van der Waals surface area contributed by atoms with E-state index in [4.69, 9.17) is 4.52 Å². The van der Waals surface area contributed by atoms with Gasteiger partial charge in [-0.05, 0) is 25.5 Å². The molecule has 1 amide bonds. The van der Waals surface area contributed by atoms with Gasteiger partial charge >= 0.3 is 0 Å². The number of rotatable bonds is 4. The Morgan fingerprint density at radius 2 is 1.86 bits per heavy atom. The van der Waals surface area contributed by atoms with Gasteiger partial charge in [-0.25, -0.2) is 0 Å². The zero-order valence-corrected chi connectivity index (χ0v) is 15.7. The second-order valence-corrected chi connectivity index (χ2v) is 6.55. The summed E-state index contributed by atoms with van der Waals surface area (Å²) in [6, 6.07) is 15.3. The Balaban J connectivity index is 1.98. The molecule has 29 heavy (non-hydrogen) atoms. The number of carbonyl (C=O) groups excluding carboxylic acids is 1. The SMILES string of the molecule is Cc1cc(NC(=O)c2c(C)nc3ccc([N+](=O)[O-])cc3c2-c2ccccc2)no1. The highest BCUT2D eigenvalue weighted by Gasteiger charge is 2.22. The molecule has 0 atom stereocenters. The average molecular weight is 388 g/mol. The van der Waals surface area contributed by atoms with Gasteiger partial charge in [-0.3, -0.25) is 19.9 Å². The molecule has 0 unspecified atom stereocenters. The van der Waals surface area contributed by atoms with Crippen molar-refractivity contribution in [1.82, 2.24) is 10.1 Å². The van der Waals surface area contributed by atoms with E-state index in [1.807, 2.05) is 30.3 Å². The predicted octanol–water partition coefficient (Wildman–Crippen LogP) is 4.67. The van der Waals surface area contributed by atoms with Gasteiger partial charge in [0.05, 0.1) is 21.7 Å². The van der Waals surface area contributed by atoms with Crippen molar-refractivity contribution in [3.8, 4) is 11.1 Å². The molecule has 2 aromatic heterocycles. The highest BCUT2D eigenvalue weighted by Crippen LogP contribution is 2.35. The van der Waals surface area contributed by atoms with Gasteiger partial charge in [0.25, 0.3) is 11.6 Å². The standard InChI is InChI=1S/C21H16N4O4/c1-12-10-18(24-29-12)23-21(26)19-13(2)22-17-9-8-15(25(27)28)11-16(17)20(19)14-6-4-3-5-7-14/h3-11H,1-2H3,(H,23,24,26). The summed E-state index contributed by atoms with van der Waals surface area (Å²) in [7, 11) is 0. The Labute approximate surface area is 165 Å². The van der Waals surface area contributed by atoms with E-state index in [0.717, 1.165) is 5.56 Å². The zero-order chi connectivity index (χ0) is 20.5. The predicted molar refractivity (Wildman–Crippen MR) is 108 cm³/mol. The minimum Gasteiger partial charge on any atom is -0.360 e. The number of aryl methyl sites for hydroxylation is 2. The van der Waals surface area contributed by atoms with Crippen LogP contribution in [0.15, 0.2) is 59.1 Å². The van der Waals surface area contributed by atoms with Crippen molar-refractivity contribution >= 4 is 28.3 Å². The summed E-state index contributed by atoms with van der Waals surface area (Å²) in [5.41, 5.74) is 2.66. The Kier molecular flexibility index (Phi) is 4.52. The number of aromatic nitrogens is 2. The van der Waals surface area contributed by atoms with E-state index >= 15 is 0 Å². The third-order valence-electron chi connectivity index (χ3n) is 4.52. The van der Waals surface area contributed by atoms with Crippen LogP contribution < -0.4 is 5.32 Å². The molecule has 4 rings (SSSR count). The average Bonchev–Trinajstić information content (AvgIpc) is 3.11. The number of non-ortho nitro benzene ring substituents is 1. The van der Waals surface area contributed by atoms with Crippen molar-refractivity contribution in [2.75, 3.05) is 5.32 Å². The highest BCUT2D eigenvalue weighted by atomic mass is 16.6. The molecule has 0 aliphatic carbocycles. The Bertz CT molecular complexity index is 1250. The number of nitrogens with zero attached hydrogens (tertiary/aromatic N) is 3. The maximum Gasteiger partial charge on any atom is 0.270 e. The summed E-state index contributed by atoms with van der Waals surface area (Å²) in [5.74, 6) is 0.424. The van der Waals surface area contributed by atoms with Crippen molar-refractivity contribution in [3.05, 3.63) is 81.7 Å². The number of nitro groups is 1. The van der Waals surface area contributed by atoms with Crippen molar-refractivity contribution in [1.29, 1.82) is 0 Å². The van der Waals surface area contributed by atoms with E-state index in [-0.39, 0.29) is 11.5 Å². The third kappa shape index (κ3) is 3.43. The lowest BCUT2D eigenvalue weighted by Crippen LogP contribution is -2.16. The van der Waals surface area contributed by atoms with Gasteiger partial charge in [0, 0.05) is 29.1 Å². The molecule has 1 N–H and O–H groups in total. The number of fused-ring (bicyclic) bond motifs is 1. The molecule has 0 saturated carbocycles. The summed E-state index contributed by atoms with van der Waals surface area (Å²) in [4.78, 5) is 28.5. The maximum atomic E-state index is 13.1. The molecule has 0 radical (unpaired) electrons. The fourth-order valence-corrected chi connectivity index (χ4v) is 3.27. The van der Waals surface area contributed by atoms with Crippen molar-refractivity contribution in [3.63, 3.8) is 0 Å². The quantitative estimate of drug-likeness (QED) is 0.402. The van der Waals surface area contributed by atoms with Crippen LogP contribution in [0.25, 0.3) is 22.0 Å². The first-order valence-corrected chi connectivity index (χ1v) is 8.83. The number of hydrogen-bond donors (Lipinski definition) is 1. The summed E-state index contributed by atoms with van der Waals surface area (Å²) in [6.45, 7) is 3.45. The summed E-state index contributed by atoms with van der Waals surface area (Å²) in [6.07, 6.45) is 0. The van der Waals surface area contributed by atoms with E-state index in [9.17, 15) is 14.9 Å². The van der Waals surface area contributed by atoms with Crippen molar-refractivity contribution < 1.29 is 14.2 Å². The second-order valence-electron chi connectivity index (χ2n) is 6.55. The smallest absolute Gasteiger partial charge is 0.270 e. The molecule has 4 aromatic rings. The third-order valence-corrected chi connectivity index (χ3v) is 4.52. The highest BCUT2D eigenvalue weighted by molar-refractivity contribution is 6.14. The largest absolute Gasteiger partial charge is 0.360 e. The van der Waals surface area contributed by atoms with Crippen LogP contribution >= 0.6 is 0 Å². The lowest BCUT2D eigenvalue weighted by atomic mass is 9.93. The van der Waals surface area contributed by atoms with Gasteiger partial charge in [-0.1, -0.05) is 35.5 Å². The van der Waals surface area contributed by atoms with E-state index in [2.05, 4.69) is 15.5 Å². The fourth-order valence-electron chi connectivity index (χ4n) is 3.27. The minimum atomic E-state index is -0.466. The first-order chi connectivity index (χ1) is 13.9. The fraction of sp³-hybridized carbons (Fsp3) is 0.0952. The van der Waals surface area contributed by atoms with Crippen LogP contribution in [0.4, 0.5) is 11.5 Å². The number of amides is 1. The number of benzene rings is 2. The molecule has 8 nitrogen and oxygen atoms in total. The van der Waals surface area contributed by atoms with Gasteiger partial charge in [-0.2, -0.15) is 0 Å². The topological polar surface area (TPSA) is 111 Å². The maximum absolute atomic E-state index is 13.1. The van der Waals surface area contributed by atoms with Gasteiger partial charge in [-0.15, -0.1) is 0 Å². The van der Waals surface area contributed by atoms with Crippen LogP contribution in [0, 0.1) is 24.0 Å². The molecule has 0 fully saturated rings. The first-order valence-electron chi connectivity index (χ1n) is 8.83. The lowest BCUT2D eigenvalue weighted by molar-refractivity contribution is -0.384. The summed E-state index contributed by atoms with van der Waals surface area (Å²) in [5, 5.41) is 18.3. The molecule has 144 valence electrons. The van der Waals surface area contributed by atoms with Crippen LogP contribution in [0.5, 0.6) is 0 Å². The van der Waals surface area contributed by atoms with Crippen molar-refractivity contribution in [2.45, 2.75) is 13.8 Å². The summed E-state index contributed by atoms with van der Waals surface area (Å²) >= 11 is 0. The zero-order valence-electron chi connectivity index (χ0n) is 15.7. The van der Waals surface area contributed by atoms with Gasteiger partial charge in [0.15, 0.2) is 5.82 Å². The monoisotopic (exact) mass is 388 g/mol. The van der Waals surface area contributed by atoms with Gasteiger partial charge in [0.1, 0.15) is 5.76 Å². The Morgan fingerprint density at radius 3 is 2.52 bits per heavy atom. The number of nitro benzene ring substituents is 1. The van der Waals surface area contributed by atoms with Gasteiger partial charge in [0.2, 0.25) is 0 Å². The second kappa shape index (κ2) is 7.16. The minimum absolute atomic E-state index is 0.0705. The van der Waals surface area contributed by atoms with E-state index in [0.29, 0.717) is 33.5 Å². The molecule has 2 aromatic carbocycles. The molecule has 0 spiro atoms. The number of anilines is 1. The Morgan fingerprint density at radius 1 is 1.10 bits per heavy atom. The molecule has 0 bridgehead atoms. The lowest BCUT2D eigenvalue weighted by Gasteiger charge is -2.15.